The van der Waals surface area contributed by atoms with Crippen LogP contribution in [0.5, 0.6) is 5.75 Å². The SMILES string of the molecule is COc1ccc(Cn2nnnc2CN(Cc2cc3ccc(C)c(C)c3[nH]c2=O)C2CCCCC2)cc1. The molecule has 36 heavy (non-hydrogen) atoms. The number of hydrogen-bond donors (Lipinski definition) is 1. The number of nitrogens with one attached hydrogen (secondary N) is 1. The Labute approximate surface area is 211 Å². The number of hydrogen-bond acceptors (Lipinski definition) is 6. The molecule has 0 unspecified atom stereocenters. The molecule has 0 saturated heterocycles. The molecule has 8 nitrogen and oxygen atoms in total. The van der Waals surface area contributed by atoms with Gasteiger partial charge in [0.1, 0.15) is 5.75 Å². The Hall–Kier alpha value is -3.52. The van der Waals surface area contributed by atoms with Gasteiger partial charge in [0.15, 0.2) is 5.82 Å². The highest BCUT2D eigenvalue weighted by molar-refractivity contribution is 5.83. The van der Waals surface area contributed by atoms with E-state index in [1.165, 1.54) is 24.8 Å². The average molecular weight is 487 g/mol. The van der Waals surface area contributed by atoms with Gasteiger partial charge in [0, 0.05) is 18.2 Å². The first-order valence-electron chi connectivity index (χ1n) is 12.8. The van der Waals surface area contributed by atoms with E-state index in [0.717, 1.165) is 52.0 Å². The topological polar surface area (TPSA) is 88.9 Å². The zero-order chi connectivity index (χ0) is 25.1. The second-order valence-corrected chi connectivity index (χ2v) is 9.89. The Morgan fingerprint density at radius 2 is 1.83 bits per heavy atom. The van der Waals surface area contributed by atoms with Crippen LogP contribution in [0.4, 0.5) is 0 Å². The standard InChI is InChI=1S/C28H34N6O2/c1-19-9-12-22-15-23(28(35)29-27(22)20(19)2)17-33(24-7-5-4-6-8-24)18-26-30-31-32-34(26)16-21-10-13-25(36-3)14-11-21/h9-15,24H,4-8,16-18H2,1-3H3,(H,29,35). The summed E-state index contributed by atoms with van der Waals surface area (Å²) >= 11 is 0. The number of ether oxygens (including phenoxy) is 1. The summed E-state index contributed by atoms with van der Waals surface area (Å²) in [6, 6.07) is 14.6. The molecule has 188 valence electrons. The van der Waals surface area contributed by atoms with Gasteiger partial charge < -0.3 is 9.72 Å². The average Bonchev–Trinajstić information content (AvgIpc) is 3.34. The van der Waals surface area contributed by atoms with Crippen molar-refractivity contribution in [2.24, 2.45) is 0 Å². The zero-order valence-electron chi connectivity index (χ0n) is 21.3. The molecular weight excluding hydrogens is 452 g/mol. The molecule has 0 amide bonds. The van der Waals surface area contributed by atoms with E-state index >= 15 is 0 Å². The van der Waals surface area contributed by atoms with Crippen molar-refractivity contribution in [3.05, 3.63) is 80.9 Å². The molecule has 0 aliphatic heterocycles. The summed E-state index contributed by atoms with van der Waals surface area (Å²) in [5, 5.41) is 13.7. The predicted molar refractivity (Wildman–Crippen MR) is 140 cm³/mol. The number of nitrogens with zero attached hydrogens (tertiary/aromatic N) is 5. The van der Waals surface area contributed by atoms with Gasteiger partial charge in [-0.05, 0) is 77.4 Å². The van der Waals surface area contributed by atoms with Crippen molar-refractivity contribution in [2.75, 3.05) is 7.11 Å². The lowest BCUT2D eigenvalue weighted by atomic mass is 9.93. The van der Waals surface area contributed by atoms with Crippen molar-refractivity contribution < 1.29 is 4.74 Å². The summed E-state index contributed by atoms with van der Waals surface area (Å²) in [5.41, 5.74) is 5.10. The number of fused-ring (bicyclic) bond motifs is 1. The number of H-pyrrole nitrogens is 1. The van der Waals surface area contributed by atoms with Crippen LogP contribution in [0.2, 0.25) is 0 Å². The van der Waals surface area contributed by atoms with E-state index in [0.29, 0.717) is 25.7 Å². The van der Waals surface area contributed by atoms with Crippen molar-refractivity contribution >= 4 is 10.9 Å². The first kappa shape index (κ1) is 24.2. The number of tetrazole rings is 1. The van der Waals surface area contributed by atoms with Gasteiger partial charge in [0.05, 0.1) is 25.7 Å². The van der Waals surface area contributed by atoms with Gasteiger partial charge in [-0.2, -0.15) is 0 Å². The van der Waals surface area contributed by atoms with Gasteiger partial charge in [-0.25, -0.2) is 4.68 Å². The fourth-order valence-corrected chi connectivity index (χ4v) is 5.21. The van der Waals surface area contributed by atoms with E-state index in [1.54, 1.807) is 7.11 Å². The third-order valence-corrected chi connectivity index (χ3v) is 7.53. The highest BCUT2D eigenvalue weighted by Gasteiger charge is 2.24. The van der Waals surface area contributed by atoms with Crippen LogP contribution < -0.4 is 10.3 Å². The molecule has 8 heteroatoms. The largest absolute Gasteiger partial charge is 0.497 e. The molecule has 1 aliphatic carbocycles. The van der Waals surface area contributed by atoms with Gasteiger partial charge in [0.2, 0.25) is 0 Å². The highest BCUT2D eigenvalue weighted by atomic mass is 16.5. The number of aromatic nitrogens is 5. The number of pyridine rings is 1. The highest BCUT2D eigenvalue weighted by Crippen LogP contribution is 2.26. The van der Waals surface area contributed by atoms with Crippen LogP contribution in [-0.4, -0.2) is 43.2 Å². The van der Waals surface area contributed by atoms with Crippen molar-refractivity contribution in [2.45, 2.75) is 71.6 Å². The summed E-state index contributed by atoms with van der Waals surface area (Å²) in [5.74, 6) is 1.63. The third-order valence-electron chi connectivity index (χ3n) is 7.53. The Kier molecular flexibility index (Phi) is 7.13. The first-order valence-corrected chi connectivity index (χ1v) is 12.8. The van der Waals surface area contributed by atoms with Gasteiger partial charge in [-0.15, -0.1) is 5.10 Å². The van der Waals surface area contributed by atoms with Crippen molar-refractivity contribution in [3.63, 3.8) is 0 Å². The van der Waals surface area contributed by atoms with Crippen LogP contribution >= 0.6 is 0 Å². The molecule has 2 heterocycles. The molecule has 0 spiro atoms. The lowest BCUT2D eigenvalue weighted by Gasteiger charge is -2.33. The molecular formula is C28H34N6O2. The number of aromatic amines is 1. The summed E-state index contributed by atoms with van der Waals surface area (Å²) < 4.78 is 7.13. The summed E-state index contributed by atoms with van der Waals surface area (Å²) in [6.45, 7) is 5.88. The van der Waals surface area contributed by atoms with Gasteiger partial charge in [-0.3, -0.25) is 9.69 Å². The summed E-state index contributed by atoms with van der Waals surface area (Å²) in [4.78, 5) is 18.7. The lowest BCUT2D eigenvalue weighted by Crippen LogP contribution is -2.38. The van der Waals surface area contributed by atoms with Crippen LogP contribution in [-0.2, 0) is 19.6 Å². The fraction of sp³-hybridized carbons (Fsp3) is 0.429. The van der Waals surface area contributed by atoms with Gasteiger partial charge >= 0.3 is 0 Å². The first-order chi connectivity index (χ1) is 17.5. The Morgan fingerprint density at radius 1 is 1.06 bits per heavy atom. The van der Waals surface area contributed by atoms with E-state index in [2.05, 4.69) is 57.5 Å². The Balaban J connectivity index is 1.42. The minimum atomic E-state index is -0.0187. The minimum Gasteiger partial charge on any atom is -0.497 e. The van der Waals surface area contributed by atoms with E-state index in [-0.39, 0.29) is 5.56 Å². The molecule has 4 aromatic rings. The smallest absolute Gasteiger partial charge is 0.252 e. The van der Waals surface area contributed by atoms with Crippen LogP contribution in [0.3, 0.4) is 0 Å². The quantitative estimate of drug-likeness (QED) is 0.394. The molecule has 0 radical (unpaired) electrons. The second-order valence-electron chi connectivity index (χ2n) is 9.89. The molecule has 0 atom stereocenters. The van der Waals surface area contributed by atoms with E-state index in [4.69, 9.17) is 4.74 Å². The van der Waals surface area contributed by atoms with Gasteiger partial charge in [-0.1, -0.05) is 43.5 Å². The summed E-state index contributed by atoms with van der Waals surface area (Å²) in [7, 11) is 1.66. The number of rotatable bonds is 8. The van der Waals surface area contributed by atoms with Crippen LogP contribution in [0.15, 0.2) is 47.3 Å². The molecule has 2 aromatic carbocycles. The van der Waals surface area contributed by atoms with Crippen molar-refractivity contribution in [1.82, 2.24) is 30.1 Å². The number of benzene rings is 2. The maximum atomic E-state index is 13.1. The summed E-state index contributed by atoms with van der Waals surface area (Å²) in [6.07, 6.45) is 5.96. The van der Waals surface area contributed by atoms with E-state index < -0.39 is 0 Å². The molecule has 0 bridgehead atoms. The van der Waals surface area contributed by atoms with Crippen molar-refractivity contribution in [1.29, 1.82) is 0 Å². The Bertz CT molecular complexity index is 1390. The molecule has 1 saturated carbocycles. The molecule has 5 rings (SSSR count). The normalized spacial score (nSPS) is 14.6. The van der Waals surface area contributed by atoms with E-state index in [9.17, 15) is 4.79 Å². The van der Waals surface area contributed by atoms with Crippen LogP contribution in [0, 0.1) is 13.8 Å². The predicted octanol–water partition coefficient (Wildman–Crippen LogP) is 4.52. The maximum Gasteiger partial charge on any atom is 0.252 e. The van der Waals surface area contributed by atoms with Crippen LogP contribution in [0.25, 0.3) is 10.9 Å². The third kappa shape index (κ3) is 5.18. The molecule has 2 aromatic heterocycles. The lowest BCUT2D eigenvalue weighted by molar-refractivity contribution is 0.134. The fourth-order valence-electron chi connectivity index (χ4n) is 5.21. The monoisotopic (exact) mass is 486 g/mol. The van der Waals surface area contributed by atoms with Crippen molar-refractivity contribution in [3.8, 4) is 5.75 Å². The molecule has 1 aliphatic rings. The Morgan fingerprint density at radius 3 is 2.58 bits per heavy atom. The molecule has 1 fully saturated rings. The second kappa shape index (κ2) is 10.6. The minimum absolute atomic E-state index is 0.0187. The number of methoxy groups -OCH3 is 1. The van der Waals surface area contributed by atoms with Crippen LogP contribution in [0.1, 0.15) is 60.2 Å². The van der Waals surface area contributed by atoms with E-state index in [1.807, 2.05) is 28.9 Å². The maximum absolute atomic E-state index is 13.1. The number of aryl methyl sites for hydroxylation is 2. The molecule has 1 N–H and O–H groups in total. The van der Waals surface area contributed by atoms with Gasteiger partial charge in [0.25, 0.3) is 5.56 Å². The zero-order valence-corrected chi connectivity index (χ0v) is 21.3.